The van der Waals surface area contributed by atoms with Crippen molar-refractivity contribution < 1.29 is 29.2 Å². The Kier molecular flexibility index (Phi) is 11.0. The van der Waals surface area contributed by atoms with Gasteiger partial charge in [-0.2, -0.15) is 0 Å². The second-order valence-electron chi connectivity index (χ2n) is 9.93. The number of aliphatic hydroxyl groups is 2. The van der Waals surface area contributed by atoms with Gasteiger partial charge in [-0.3, -0.25) is 0 Å². The summed E-state index contributed by atoms with van der Waals surface area (Å²) in [4.78, 5) is 4.29. The molecule has 2 aliphatic rings. The van der Waals surface area contributed by atoms with Crippen LogP contribution in [-0.2, 0) is 25.4 Å². The monoisotopic (exact) mass is 526 g/mol. The Labute approximate surface area is 226 Å². The standard InChI is InChI=1S/C30H42N2O6/c1-3-14-36-21-28(34)18-32(30-13-15-37-30)26-11-7-24(8-12-26)16-23-5-9-25(10-6-23)31(19-29-22-38-29)17-27(33)20-35-4-2/h3,5-12,27-30,33-34H,1,4,13-22H2,2H3/t27?,28?,29?,30-/m1/s1. The molecule has 2 fully saturated rings. The predicted octanol–water partition coefficient (Wildman–Crippen LogP) is 3.00. The zero-order chi connectivity index (χ0) is 26.7. The molecule has 0 aromatic heterocycles. The summed E-state index contributed by atoms with van der Waals surface area (Å²) in [6.07, 6.45) is 2.51. The van der Waals surface area contributed by atoms with Crippen molar-refractivity contribution in [1.29, 1.82) is 0 Å². The summed E-state index contributed by atoms with van der Waals surface area (Å²) in [5, 5.41) is 20.8. The molecule has 2 N–H and O–H groups in total. The van der Waals surface area contributed by atoms with Gasteiger partial charge in [0.15, 0.2) is 0 Å². The lowest BCUT2D eigenvalue weighted by molar-refractivity contribution is -0.0571. The van der Waals surface area contributed by atoms with Crippen LogP contribution in [0.1, 0.15) is 24.5 Å². The predicted molar refractivity (Wildman–Crippen MR) is 149 cm³/mol. The van der Waals surface area contributed by atoms with Gasteiger partial charge in [-0.05, 0) is 48.7 Å². The van der Waals surface area contributed by atoms with E-state index in [9.17, 15) is 10.2 Å². The van der Waals surface area contributed by atoms with Gasteiger partial charge in [-0.1, -0.05) is 30.3 Å². The van der Waals surface area contributed by atoms with Crippen molar-refractivity contribution in [2.75, 3.05) is 69.1 Å². The zero-order valence-electron chi connectivity index (χ0n) is 22.4. The molecule has 2 aliphatic heterocycles. The molecule has 0 aliphatic carbocycles. The largest absolute Gasteiger partial charge is 0.389 e. The smallest absolute Gasteiger partial charge is 0.132 e. The van der Waals surface area contributed by atoms with Gasteiger partial charge in [0.05, 0.1) is 51.3 Å². The molecule has 4 atom stereocenters. The average Bonchev–Trinajstić information content (AvgIpc) is 3.71. The van der Waals surface area contributed by atoms with Gasteiger partial charge >= 0.3 is 0 Å². The molecule has 4 rings (SSSR count). The molecular weight excluding hydrogens is 484 g/mol. The molecule has 0 bridgehead atoms. The highest BCUT2D eigenvalue weighted by molar-refractivity contribution is 5.51. The van der Waals surface area contributed by atoms with Crippen LogP contribution in [0.15, 0.2) is 61.2 Å². The number of anilines is 2. The van der Waals surface area contributed by atoms with Gasteiger partial charge in [-0.25, -0.2) is 0 Å². The van der Waals surface area contributed by atoms with Crippen LogP contribution in [-0.4, -0.2) is 94.0 Å². The van der Waals surface area contributed by atoms with Crippen molar-refractivity contribution in [2.24, 2.45) is 0 Å². The van der Waals surface area contributed by atoms with Crippen LogP contribution < -0.4 is 9.80 Å². The molecule has 2 aromatic carbocycles. The van der Waals surface area contributed by atoms with Gasteiger partial charge in [0.25, 0.3) is 0 Å². The Morgan fingerprint density at radius 3 is 2.11 bits per heavy atom. The number of benzene rings is 2. The molecule has 0 spiro atoms. The Balaban J connectivity index is 1.35. The number of nitrogens with zero attached hydrogens (tertiary/aromatic N) is 2. The quantitative estimate of drug-likeness (QED) is 0.174. The fourth-order valence-corrected chi connectivity index (χ4v) is 4.56. The van der Waals surface area contributed by atoms with Crippen LogP contribution in [0.25, 0.3) is 0 Å². The van der Waals surface area contributed by atoms with Crippen LogP contribution in [0.3, 0.4) is 0 Å². The summed E-state index contributed by atoms with van der Waals surface area (Å²) in [6, 6.07) is 17.0. The third-order valence-corrected chi connectivity index (χ3v) is 6.73. The highest BCUT2D eigenvalue weighted by Gasteiger charge is 2.28. The Hall–Kier alpha value is -2.46. The van der Waals surface area contributed by atoms with E-state index in [4.69, 9.17) is 18.9 Å². The van der Waals surface area contributed by atoms with Crippen molar-refractivity contribution in [3.05, 3.63) is 72.3 Å². The highest BCUT2D eigenvalue weighted by Crippen LogP contribution is 2.26. The Bertz CT molecular complexity index is 962. The molecular formula is C30H42N2O6. The molecule has 208 valence electrons. The second kappa shape index (κ2) is 14.6. The first-order valence-corrected chi connectivity index (χ1v) is 13.6. The lowest BCUT2D eigenvalue weighted by Gasteiger charge is -2.40. The van der Waals surface area contributed by atoms with Gasteiger partial charge in [-0.15, -0.1) is 6.58 Å². The Morgan fingerprint density at radius 1 is 0.947 bits per heavy atom. The van der Waals surface area contributed by atoms with E-state index < -0.39 is 12.2 Å². The van der Waals surface area contributed by atoms with E-state index in [1.165, 1.54) is 11.1 Å². The third kappa shape index (κ3) is 8.80. The summed E-state index contributed by atoms with van der Waals surface area (Å²) in [5.41, 5.74) is 4.52. The molecule has 2 aromatic rings. The summed E-state index contributed by atoms with van der Waals surface area (Å²) >= 11 is 0. The minimum atomic E-state index is -0.608. The normalized spacial score (nSPS) is 19.9. The molecule has 3 unspecified atom stereocenters. The molecule has 2 heterocycles. The van der Waals surface area contributed by atoms with E-state index in [1.54, 1.807) is 6.08 Å². The van der Waals surface area contributed by atoms with Crippen LogP contribution in [0.5, 0.6) is 0 Å². The van der Waals surface area contributed by atoms with Crippen molar-refractivity contribution in [1.82, 2.24) is 0 Å². The van der Waals surface area contributed by atoms with Crippen LogP contribution in [0.4, 0.5) is 11.4 Å². The maximum absolute atomic E-state index is 10.4. The minimum absolute atomic E-state index is 0.0153. The lowest BCUT2D eigenvalue weighted by atomic mass is 10.0. The molecule has 0 amide bonds. The number of aliphatic hydroxyl groups excluding tert-OH is 2. The van der Waals surface area contributed by atoms with E-state index >= 15 is 0 Å². The summed E-state index contributed by atoms with van der Waals surface area (Å²) in [6.45, 7) is 10.4. The van der Waals surface area contributed by atoms with Crippen LogP contribution in [0, 0.1) is 0 Å². The SMILES string of the molecule is C=CCOCC(O)CN(c1ccc(Cc2ccc(N(CC(O)COCC)CC3CO3)cc2)cc1)[C@H]1CCO1. The molecule has 0 saturated carbocycles. The van der Waals surface area contributed by atoms with Gasteiger partial charge in [0.1, 0.15) is 6.23 Å². The van der Waals surface area contributed by atoms with Crippen molar-refractivity contribution in [3.63, 3.8) is 0 Å². The maximum Gasteiger partial charge on any atom is 0.132 e. The van der Waals surface area contributed by atoms with E-state index in [-0.39, 0.29) is 18.9 Å². The number of ether oxygens (including phenoxy) is 4. The minimum Gasteiger partial charge on any atom is -0.389 e. The van der Waals surface area contributed by atoms with Crippen molar-refractivity contribution in [3.8, 4) is 0 Å². The first kappa shape index (κ1) is 28.5. The van der Waals surface area contributed by atoms with Crippen molar-refractivity contribution >= 4 is 11.4 Å². The van der Waals surface area contributed by atoms with Gasteiger partial charge < -0.3 is 39.0 Å². The molecule has 8 heteroatoms. The first-order valence-electron chi connectivity index (χ1n) is 13.6. The molecule has 2 saturated heterocycles. The average molecular weight is 527 g/mol. The van der Waals surface area contributed by atoms with E-state index in [0.717, 1.165) is 44.0 Å². The zero-order valence-corrected chi connectivity index (χ0v) is 22.4. The Morgan fingerprint density at radius 2 is 1.55 bits per heavy atom. The molecule has 0 radical (unpaired) electrons. The second-order valence-corrected chi connectivity index (χ2v) is 9.93. The van der Waals surface area contributed by atoms with Gasteiger partial charge in [0, 0.05) is 44.0 Å². The number of epoxide rings is 1. The van der Waals surface area contributed by atoms with E-state index in [2.05, 4.69) is 64.9 Å². The third-order valence-electron chi connectivity index (χ3n) is 6.73. The fourth-order valence-electron chi connectivity index (χ4n) is 4.56. The lowest BCUT2D eigenvalue weighted by Crippen LogP contribution is -2.48. The topological polar surface area (TPSA) is 87.2 Å². The summed E-state index contributed by atoms with van der Waals surface area (Å²) in [5.74, 6) is 0. The number of hydrogen-bond acceptors (Lipinski definition) is 8. The molecule has 8 nitrogen and oxygen atoms in total. The molecule has 38 heavy (non-hydrogen) atoms. The van der Waals surface area contributed by atoms with Crippen molar-refractivity contribution in [2.45, 2.75) is 44.3 Å². The fraction of sp³-hybridized carbons (Fsp3) is 0.533. The van der Waals surface area contributed by atoms with Crippen LogP contribution >= 0.6 is 0 Å². The summed E-state index contributed by atoms with van der Waals surface area (Å²) < 4.78 is 22.0. The highest BCUT2D eigenvalue weighted by atomic mass is 16.6. The van der Waals surface area contributed by atoms with E-state index in [0.29, 0.717) is 32.9 Å². The number of hydrogen-bond donors (Lipinski definition) is 2. The number of rotatable bonds is 18. The van der Waals surface area contributed by atoms with Crippen LogP contribution in [0.2, 0.25) is 0 Å². The van der Waals surface area contributed by atoms with E-state index in [1.807, 2.05) is 6.92 Å². The maximum atomic E-state index is 10.4. The first-order chi connectivity index (χ1) is 18.6. The van der Waals surface area contributed by atoms with Gasteiger partial charge in [0.2, 0.25) is 0 Å². The summed E-state index contributed by atoms with van der Waals surface area (Å²) in [7, 11) is 0.